The zero-order valence-corrected chi connectivity index (χ0v) is 9.96. The normalized spacial score (nSPS) is 11.2. The Morgan fingerprint density at radius 3 is 2.88 bits per heavy atom. The van der Waals surface area contributed by atoms with Gasteiger partial charge in [0.1, 0.15) is 0 Å². The predicted molar refractivity (Wildman–Crippen MR) is 66.8 cm³/mol. The molecule has 17 heavy (non-hydrogen) atoms. The first kappa shape index (κ1) is 10.1. The third-order valence-electron chi connectivity index (χ3n) is 2.88. The molecule has 0 aliphatic carbocycles. The lowest BCUT2D eigenvalue weighted by atomic mass is 10.2. The van der Waals surface area contributed by atoms with E-state index in [1.54, 1.807) is 0 Å². The second kappa shape index (κ2) is 3.73. The van der Waals surface area contributed by atoms with Crippen LogP contribution in [0.1, 0.15) is 11.3 Å². The van der Waals surface area contributed by atoms with Crippen molar-refractivity contribution in [2.45, 2.75) is 13.5 Å². The molecule has 0 aliphatic rings. The van der Waals surface area contributed by atoms with Crippen LogP contribution in [0, 0.1) is 6.92 Å². The summed E-state index contributed by atoms with van der Waals surface area (Å²) in [5.41, 5.74) is 3.44. The molecule has 2 heterocycles. The van der Waals surface area contributed by atoms with Crippen LogP contribution in [0.3, 0.4) is 0 Å². The Morgan fingerprint density at radius 2 is 2.12 bits per heavy atom. The van der Waals surface area contributed by atoms with E-state index in [9.17, 15) is 0 Å². The number of aryl methyl sites for hydroxylation is 2. The Bertz CT molecular complexity index is 663. The van der Waals surface area contributed by atoms with Gasteiger partial charge in [-0.3, -0.25) is 9.36 Å². The summed E-state index contributed by atoms with van der Waals surface area (Å²) in [6.07, 6.45) is 3.86. The average molecular weight is 226 g/mol. The van der Waals surface area contributed by atoms with E-state index in [0.717, 1.165) is 11.2 Å². The van der Waals surface area contributed by atoms with Gasteiger partial charge in [-0.25, -0.2) is 0 Å². The SMILES string of the molecule is Cc1ccc2c(cnn2Cc2ccn(C)n2)c1. The molecule has 0 spiro atoms. The molecule has 0 unspecified atom stereocenters. The van der Waals surface area contributed by atoms with Crippen LogP contribution in [-0.4, -0.2) is 19.6 Å². The summed E-state index contributed by atoms with van der Waals surface area (Å²) in [5.74, 6) is 0. The van der Waals surface area contributed by atoms with Crippen LogP contribution >= 0.6 is 0 Å². The summed E-state index contributed by atoms with van der Waals surface area (Å²) in [6.45, 7) is 2.81. The summed E-state index contributed by atoms with van der Waals surface area (Å²) < 4.78 is 3.79. The second-order valence-electron chi connectivity index (χ2n) is 4.35. The van der Waals surface area contributed by atoms with Gasteiger partial charge in [-0.15, -0.1) is 0 Å². The molecule has 0 aliphatic heterocycles. The Balaban J connectivity index is 2.00. The van der Waals surface area contributed by atoms with Crippen molar-refractivity contribution in [3.05, 3.63) is 47.9 Å². The molecule has 3 aromatic rings. The third kappa shape index (κ3) is 1.82. The summed E-state index contributed by atoms with van der Waals surface area (Å²) in [7, 11) is 1.92. The molecule has 86 valence electrons. The first-order valence-electron chi connectivity index (χ1n) is 5.63. The quantitative estimate of drug-likeness (QED) is 0.671. The van der Waals surface area contributed by atoms with E-state index in [-0.39, 0.29) is 0 Å². The Kier molecular flexibility index (Phi) is 2.21. The Morgan fingerprint density at radius 1 is 1.24 bits per heavy atom. The van der Waals surface area contributed by atoms with Gasteiger partial charge in [0.05, 0.1) is 24.0 Å². The maximum Gasteiger partial charge on any atom is 0.0857 e. The van der Waals surface area contributed by atoms with Gasteiger partial charge in [-0.05, 0) is 25.1 Å². The fourth-order valence-corrected chi connectivity index (χ4v) is 2.03. The van der Waals surface area contributed by atoms with Crippen molar-refractivity contribution >= 4 is 10.9 Å². The minimum absolute atomic E-state index is 0.716. The zero-order valence-electron chi connectivity index (χ0n) is 9.96. The minimum atomic E-state index is 0.716. The molecule has 0 saturated carbocycles. The molecule has 0 fully saturated rings. The van der Waals surface area contributed by atoms with Gasteiger partial charge in [0.2, 0.25) is 0 Å². The first-order chi connectivity index (χ1) is 8.22. The predicted octanol–water partition coefficient (Wildman–Crippen LogP) is 2.13. The summed E-state index contributed by atoms with van der Waals surface area (Å²) in [5, 5.41) is 9.96. The van der Waals surface area contributed by atoms with Crippen LogP contribution in [-0.2, 0) is 13.6 Å². The van der Waals surface area contributed by atoms with Crippen LogP contribution in [0.15, 0.2) is 36.7 Å². The fourth-order valence-electron chi connectivity index (χ4n) is 2.03. The van der Waals surface area contributed by atoms with Crippen LogP contribution in [0.2, 0.25) is 0 Å². The van der Waals surface area contributed by atoms with Gasteiger partial charge in [0.25, 0.3) is 0 Å². The topological polar surface area (TPSA) is 35.6 Å². The third-order valence-corrected chi connectivity index (χ3v) is 2.88. The first-order valence-corrected chi connectivity index (χ1v) is 5.63. The van der Waals surface area contributed by atoms with Gasteiger partial charge in [-0.1, -0.05) is 11.6 Å². The lowest BCUT2D eigenvalue weighted by Crippen LogP contribution is -2.02. The summed E-state index contributed by atoms with van der Waals surface area (Å²) >= 11 is 0. The van der Waals surface area contributed by atoms with Crippen molar-refractivity contribution in [2.75, 3.05) is 0 Å². The molecule has 0 radical (unpaired) electrons. The smallest absolute Gasteiger partial charge is 0.0857 e. The van der Waals surface area contributed by atoms with Crippen LogP contribution in [0.25, 0.3) is 10.9 Å². The molecule has 3 rings (SSSR count). The lowest BCUT2D eigenvalue weighted by molar-refractivity contribution is 0.667. The van der Waals surface area contributed by atoms with E-state index in [1.807, 2.05) is 34.9 Å². The van der Waals surface area contributed by atoms with Crippen LogP contribution in [0.4, 0.5) is 0 Å². The molecule has 0 N–H and O–H groups in total. The molecule has 0 atom stereocenters. The fraction of sp³-hybridized carbons (Fsp3) is 0.231. The minimum Gasteiger partial charge on any atom is -0.275 e. The Hall–Kier alpha value is -2.10. The molecule has 4 heteroatoms. The molecule has 0 saturated heterocycles. The number of nitrogens with zero attached hydrogens (tertiary/aromatic N) is 4. The van der Waals surface area contributed by atoms with E-state index >= 15 is 0 Å². The standard InChI is InChI=1S/C13H14N4/c1-10-3-4-13-11(7-10)8-14-17(13)9-12-5-6-16(2)15-12/h3-8H,9H2,1-2H3. The van der Waals surface area contributed by atoms with Gasteiger partial charge in [0, 0.05) is 18.6 Å². The zero-order chi connectivity index (χ0) is 11.8. The van der Waals surface area contributed by atoms with Gasteiger partial charge in [-0.2, -0.15) is 10.2 Å². The van der Waals surface area contributed by atoms with E-state index in [4.69, 9.17) is 0 Å². The number of fused-ring (bicyclic) bond motifs is 1. The number of benzene rings is 1. The molecular weight excluding hydrogens is 212 g/mol. The lowest BCUT2D eigenvalue weighted by Gasteiger charge is -2.01. The van der Waals surface area contributed by atoms with E-state index in [1.165, 1.54) is 10.9 Å². The summed E-state index contributed by atoms with van der Waals surface area (Å²) in [6, 6.07) is 8.39. The van der Waals surface area contributed by atoms with Crippen molar-refractivity contribution in [1.82, 2.24) is 19.6 Å². The number of rotatable bonds is 2. The number of hydrogen-bond acceptors (Lipinski definition) is 2. The van der Waals surface area contributed by atoms with Gasteiger partial charge < -0.3 is 0 Å². The van der Waals surface area contributed by atoms with Gasteiger partial charge in [0.15, 0.2) is 0 Å². The number of aromatic nitrogens is 4. The molecule has 2 aromatic heterocycles. The van der Waals surface area contributed by atoms with Crippen LogP contribution < -0.4 is 0 Å². The highest BCUT2D eigenvalue weighted by molar-refractivity contribution is 5.79. The molecular formula is C13H14N4. The highest BCUT2D eigenvalue weighted by atomic mass is 15.3. The molecule has 0 amide bonds. The largest absolute Gasteiger partial charge is 0.275 e. The van der Waals surface area contributed by atoms with Crippen molar-refractivity contribution in [2.24, 2.45) is 7.05 Å². The molecule has 4 nitrogen and oxygen atoms in total. The van der Waals surface area contributed by atoms with Crippen molar-refractivity contribution < 1.29 is 0 Å². The monoisotopic (exact) mass is 226 g/mol. The maximum absolute atomic E-state index is 4.41. The maximum atomic E-state index is 4.41. The number of hydrogen-bond donors (Lipinski definition) is 0. The highest BCUT2D eigenvalue weighted by Crippen LogP contribution is 2.16. The van der Waals surface area contributed by atoms with E-state index in [2.05, 4.69) is 35.3 Å². The average Bonchev–Trinajstić information content (AvgIpc) is 2.86. The van der Waals surface area contributed by atoms with E-state index < -0.39 is 0 Å². The van der Waals surface area contributed by atoms with Crippen molar-refractivity contribution in [3.63, 3.8) is 0 Å². The molecule has 1 aromatic carbocycles. The van der Waals surface area contributed by atoms with Crippen molar-refractivity contribution in [1.29, 1.82) is 0 Å². The summed E-state index contributed by atoms with van der Waals surface area (Å²) in [4.78, 5) is 0. The molecule has 0 bridgehead atoms. The second-order valence-corrected chi connectivity index (χ2v) is 4.35. The van der Waals surface area contributed by atoms with Crippen LogP contribution in [0.5, 0.6) is 0 Å². The highest BCUT2D eigenvalue weighted by Gasteiger charge is 2.04. The van der Waals surface area contributed by atoms with Crippen molar-refractivity contribution in [3.8, 4) is 0 Å². The van der Waals surface area contributed by atoms with Gasteiger partial charge >= 0.3 is 0 Å². The van der Waals surface area contributed by atoms with E-state index in [0.29, 0.717) is 6.54 Å². The Labute approximate surface area is 99.5 Å².